The van der Waals surface area contributed by atoms with Crippen molar-refractivity contribution in [2.75, 3.05) is 16.2 Å². The van der Waals surface area contributed by atoms with Crippen LogP contribution in [0.5, 0.6) is 0 Å². The Bertz CT molecular complexity index is 917. The van der Waals surface area contributed by atoms with Crippen molar-refractivity contribution in [1.29, 1.82) is 0 Å². The second kappa shape index (κ2) is 7.40. The fraction of sp³-hybridized carbons (Fsp3) is 0.421. The Balaban J connectivity index is 1.86. The summed E-state index contributed by atoms with van der Waals surface area (Å²) in [6.07, 6.45) is 2.54. The van der Waals surface area contributed by atoms with Gasteiger partial charge in [-0.15, -0.1) is 11.3 Å². The molecule has 1 aliphatic heterocycles. The number of rotatable bonds is 5. The van der Waals surface area contributed by atoms with Crippen molar-refractivity contribution in [3.05, 3.63) is 40.8 Å². The molecule has 0 aliphatic carbocycles. The van der Waals surface area contributed by atoms with Gasteiger partial charge in [0.1, 0.15) is 4.21 Å². The van der Waals surface area contributed by atoms with Gasteiger partial charge in [-0.1, -0.05) is 20.8 Å². The van der Waals surface area contributed by atoms with Gasteiger partial charge in [-0.2, -0.15) is 0 Å². The highest BCUT2D eigenvalue weighted by Gasteiger charge is 2.25. The number of hydrogen-bond donors (Lipinski definition) is 1. The standard InChI is InChI=1S/C19H24N2O3S2/c1-4-16-8-10-18(25-16)26(23,24)20-15-7-9-17-14(12-15)6-5-11-21(17)19(22)13(2)3/h7-10,12-13,20H,4-6,11H2,1-3H3. The number of anilines is 2. The highest BCUT2D eigenvalue weighted by molar-refractivity contribution is 7.94. The van der Waals surface area contributed by atoms with Gasteiger partial charge in [0.2, 0.25) is 5.91 Å². The van der Waals surface area contributed by atoms with Gasteiger partial charge in [0, 0.05) is 28.7 Å². The summed E-state index contributed by atoms with van der Waals surface area (Å²) in [6.45, 7) is 6.50. The minimum Gasteiger partial charge on any atom is -0.312 e. The van der Waals surface area contributed by atoms with Gasteiger partial charge in [-0.05, 0) is 55.2 Å². The lowest BCUT2D eigenvalue weighted by atomic mass is 9.99. The molecular formula is C19H24N2O3S2. The number of sulfonamides is 1. The third-order valence-electron chi connectivity index (χ3n) is 4.46. The summed E-state index contributed by atoms with van der Waals surface area (Å²) in [5.74, 6) is 0.0377. The van der Waals surface area contributed by atoms with Crippen molar-refractivity contribution in [2.24, 2.45) is 5.92 Å². The molecule has 0 spiro atoms. The summed E-state index contributed by atoms with van der Waals surface area (Å²) in [4.78, 5) is 15.3. The topological polar surface area (TPSA) is 66.5 Å². The first-order valence-electron chi connectivity index (χ1n) is 8.87. The highest BCUT2D eigenvalue weighted by Crippen LogP contribution is 2.32. The first kappa shape index (κ1) is 18.9. The lowest BCUT2D eigenvalue weighted by molar-refractivity contribution is -0.121. The Morgan fingerprint density at radius 1 is 1.27 bits per heavy atom. The SMILES string of the molecule is CCc1ccc(S(=O)(=O)Nc2ccc3c(c2)CCCN3C(=O)C(C)C)s1. The van der Waals surface area contributed by atoms with Crippen molar-refractivity contribution in [2.45, 2.75) is 44.2 Å². The van der Waals surface area contributed by atoms with Crippen molar-refractivity contribution in [1.82, 2.24) is 0 Å². The quantitative estimate of drug-likeness (QED) is 0.835. The molecule has 5 nitrogen and oxygen atoms in total. The van der Waals surface area contributed by atoms with Gasteiger partial charge in [0.05, 0.1) is 0 Å². The van der Waals surface area contributed by atoms with Crippen molar-refractivity contribution < 1.29 is 13.2 Å². The molecule has 7 heteroatoms. The Hall–Kier alpha value is -1.86. The van der Waals surface area contributed by atoms with E-state index < -0.39 is 10.0 Å². The smallest absolute Gasteiger partial charge is 0.271 e. The molecule has 0 saturated heterocycles. The van der Waals surface area contributed by atoms with Gasteiger partial charge < -0.3 is 4.90 Å². The van der Waals surface area contributed by atoms with Crippen LogP contribution < -0.4 is 9.62 Å². The first-order chi connectivity index (χ1) is 12.3. The number of nitrogens with one attached hydrogen (secondary N) is 1. The summed E-state index contributed by atoms with van der Waals surface area (Å²) in [5.41, 5.74) is 2.43. The van der Waals surface area contributed by atoms with E-state index in [1.54, 1.807) is 12.1 Å². The second-order valence-corrected chi connectivity index (χ2v) is 9.85. The number of aryl methyl sites for hydroxylation is 2. The number of carbonyl (C=O) groups excluding carboxylic acids is 1. The van der Waals surface area contributed by atoms with Crippen molar-refractivity contribution in [3.63, 3.8) is 0 Å². The van der Waals surface area contributed by atoms with E-state index >= 15 is 0 Å². The average molecular weight is 393 g/mol. The summed E-state index contributed by atoms with van der Waals surface area (Å²) < 4.78 is 28.2. The second-order valence-electron chi connectivity index (χ2n) is 6.77. The molecule has 2 heterocycles. The lowest BCUT2D eigenvalue weighted by Crippen LogP contribution is -2.38. The third-order valence-corrected chi connectivity index (χ3v) is 7.56. The van der Waals surface area contributed by atoms with E-state index in [2.05, 4.69) is 4.72 Å². The summed E-state index contributed by atoms with van der Waals surface area (Å²) in [7, 11) is -3.58. The molecular weight excluding hydrogens is 368 g/mol. The van der Waals surface area contributed by atoms with Gasteiger partial charge in [-0.25, -0.2) is 8.42 Å². The van der Waals surface area contributed by atoms with Crippen LogP contribution in [0.2, 0.25) is 0 Å². The Labute approximate surface area is 159 Å². The minimum atomic E-state index is -3.58. The average Bonchev–Trinajstić information content (AvgIpc) is 3.10. The van der Waals surface area contributed by atoms with E-state index in [1.165, 1.54) is 11.3 Å². The van der Waals surface area contributed by atoms with Gasteiger partial charge in [0.25, 0.3) is 10.0 Å². The van der Waals surface area contributed by atoms with Crippen LogP contribution in [0, 0.1) is 5.92 Å². The zero-order valence-electron chi connectivity index (χ0n) is 15.3. The largest absolute Gasteiger partial charge is 0.312 e. The van der Waals surface area contributed by atoms with Gasteiger partial charge >= 0.3 is 0 Å². The molecule has 1 N–H and O–H groups in total. The van der Waals surface area contributed by atoms with E-state index in [0.29, 0.717) is 16.4 Å². The van der Waals surface area contributed by atoms with E-state index in [1.807, 2.05) is 43.9 Å². The summed E-state index contributed by atoms with van der Waals surface area (Å²) >= 11 is 1.29. The summed E-state index contributed by atoms with van der Waals surface area (Å²) in [5, 5.41) is 0. The number of carbonyl (C=O) groups is 1. The molecule has 0 fully saturated rings. The highest BCUT2D eigenvalue weighted by atomic mass is 32.2. The molecule has 3 rings (SSSR count). The molecule has 0 saturated carbocycles. The third kappa shape index (κ3) is 3.78. The zero-order valence-corrected chi connectivity index (χ0v) is 16.9. The molecule has 1 aromatic heterocycles. The van der Waals surface area contributed by atoms with Crippen LogP contribution in [-0.2, 0) is 27.7 Å². The van der Waals surface area contributed by atoms with Crippen LogP contribution in [0.1, 0.15) is 37.6 Å². The monoisotopic (exact) mass is 392 g/mol. The predicted octanol–water partition coefficient (Wildman–Crippen LogP) is 4.05. The molecule has 1 amide bonds. The maximum absolute atomic E-state index is 12.6. The number of benzene rings is 1. The molecule has 2 aromatic rings. The number of thiophene rings is 1. The lowest BCUT2D eigenvalue weighted by Gasteiger charge is -2.31. The van der Waals surface area contributed by atoms with Crippen LogP contribution in [0.15, 0.2) is 34.5 Å². The van der Waals surface area contributed by atoms with Gasteiger partial charge in [-0.3, -0.25) is 9.52 Å². The Morgan fingerprint density at radius 3 is 2.69 bits per heavy atom. The fourth-order valence-corrected chi connectivity index (χ4v) is 5.44. The van der Waals surface area contributed by atoms with E-state index in [4.69, 9.17) is 0 Å². The molecule has 140 valence electrons. The maximum Gasteiger partial charge on any atom is 0.271 e. The number of hydrogen-bond acceptors (Lipinski definition) is 4. The number of fused-ring (bicyclic) bond motifs is 1. The zero-order chi connectivity index (χ0) is 18.9. The first-order valence-corrected chi connectivity index (χ1v) is 11.2. The molecule has 1 aromatic carbocycles. The maximum atomic E-state index is 12.6. The van der Waals surface area contributed by atoms with Crippen LogP contribution in [0.3, 0.4) is 0 Å². The molecule has 0 unspecified atom stereocenters. The number of nitrogens with zero attached hydrogens (tertiary/aromatic N) is 1. The van der Waals surface area contributed by atoms with Crippen molar-refractivity contribution >= 4 is 38.6 Å². The van der Waals surface area contributed by atoms with Crippen LogP contribution in [0.25, 0.3) is 0 Å². The predicted molar refractivity (Wildman–Crippen MR) is 106 cm³/mol. The van der Waals surface area contributed by atoms with Crippen molar-refractivity contribution in [3.8, 4) is 0 Å². The summed E-state index contributed by atoms with van der Waals surface area (Å²) in [6, 6.07) is 8.92. The van der Waals surface area contributed by atoms with E-state index in [0.717, 1.165) is 35.4 Å². The molecule has 0 radical (unpaired) electrons. The molecule has 1 aliphatic rings. The Morgan fingerprint density at radius 2 is 2.04 bits per heavy atom. The van der Waals surface area contributed by atoms with E-state index in [9.17, 15) is 13.2 Å². The normalized spacial score (nSPS) is 14.4. The van der Waals surface area contributed by atoms with E-state index in [-0.39, 0.29) is 11.8 Å². The molecule has 26 heavy (non-hydrogen) atoms. The fourth-order valence-electron chi connectivity index (χ4n) is 3.10. The van der Waals surface area contributed by atoms with Crippen LogP contribution >= 0.6 is 11.3 Å². The van der Waals surface area contributed by atoms with Crippen LogP contribution in [-0.4, -0.2) is 20.9 Å². The molecule has 0 atom stereocenters. The Kier molecular flexibility index (Phi) is 5.39. The van der Waals surface area contributed by atoms with Gasteiger partial charge in [0.15, 0.2) is 0 Å². The van der Waals surface area contributed by atoms with Crippen LogP contribution in [0.4, 0.5) is 11.4 Å². The minimum absolute atomic E-state index is 0.0641. The molecule has 0 bridgehead atoms. The number of amides is 1.